The van der Waals surface area contributed by atoms with Gasteiger partial charge in [0.25, 0.3) is 5.91 Å². The average molecular weight is 289 g/mol. The van der Waals surface area contributed by atoms with Crippen molar-refractivity contribution in [1.82, 2.24) is 5.32 Å². The van der Waals surface area contributed by atoms with Crippen LogP contribution in [0.3, 0.4) is 0 Å². The third kappa shape index (κ3) is 3.03. The molecule has 0 bridgehead atoms. The number of nitrogens with one attached hydrogen (secondary N) is 1. The molecule has 21 heavy (non-hydrogen) atoms. The second-order valence-electron chi connectivity index (χ2n) is 3.95. The van der Waals surface area contributed by atoms with Crippen molar-refractivity contribution < 1.29 is 23.8 Å². The van der Waals surface area contributed by atoms with Gasteiger partial charge in [-0.05, 0) is 23.8 Å². The lowest BCUT2D eigenvalue weighted by molar-refractivity contribution is -0.115. The summed E-state index contributed by atoms with van der Waals surface area (Å²) in [5.41, 5.74) is 5.03. The van der Waals surface area contributed by atoms with E-state index in [0.717, 1.165) is 0 Å². The number of urea groups is 1. The summed E-state index contributed by atoms with van der Waals surface area (Å²) in [6.07, 6.45) is 1.28. The maximum absolute atomic E-state index is 11.6. The molecule has 0 fully saturated rings. The lowest BCUT2D eigenvalue weighted by Crippen LogP contribution is -2.35. The highest BCUT2D eigenvalue weighted by molar-refractivity contribution is 6.08. The van der Waals surface area contributed by atoms with Gasteiger partial charge in [0.15, 0.2) is 11.5 Å². The molecule has 3 amide bonds. The smallest absolute Gasteiger partial charge is 0.319 e. The third-order valence-corrected chi connectivity index (χ3v) is 2.59. The van der Waals surface area contributed by atoms with Gasteiger partial charge in [0, 0.05) is 0 Å². The summed E-state index contributed by atoms with van der Waals surface area (Å²) in [7, 11) is 1.45. The van der Waals surface area contributed by atoms with Gasteiger partial charge in [-0.2, -0.15) is 5.26 Å². The molecule has 0 unspecified atom stereocenters. The maximum Gasteiger partial charge on any atom is 0.319 e. The van der Waals surface area contributed by atoms with E-state index in [4.69, 9.17) is 25.2 Å². The van der Waals surface area contributed by atoms with E-state index in [1.807, 2.05) is 5.32 Å². The van der Waals surface area contributed by atoms with Crippen molar-refractivity contribution in [2.24, 2.45) is 5.73 Å². The largest absolute Gasteiger partial charge is 0.493 e. The molecule has 1 heterocycles. The summed E-state index contributed by atoms with van der Waals surface area (Å²) >= 11 is 0. The number of rotatable bonds is 3. The minimum atomic E-state index is -1.04. The zero-order valence-corrected chi connectivity index (χ0v) is 11.0. The molecule has 1 aliphatic heterocycles. The van der Waals surface area contributed by atoms with E-state index in [9.17, 15) is 9.59 Å². The number of carbonyl (C=O) groups excluding carboxylic acids is 2. The number of nitrogens with two attached hydrogens (primary N) is 1. The number of methoxy groups -OCH3 is 1. The van der Waals surface area contributed by atoms with Crippen LogP contribution in [-0.2, 0) is 4.79 Å². The average Bonchev–Trinajstić information content (AvgIpc) is 2.91. The van der Waals surface area contributed by atoms with Crippen LogP contribution < -0.4 is 25.3 Å². The topological polar surface area (TPSA) is 124 Å². The van der Waals surface area contributed by atoms with Crippen LogP contribution in [-0.4, -0.2) is 25.8 Å². The van der Waals surface area contributed by atoms with E-state index < -0.39 is 11.9 Å². The lowest BCUT2D eigenvalue weighted by Gasteiger charge is -2.06. The molecule has 0 aromatic heterocycles. The summed E-state index contributed by atoms with van der Waals surface area (Å²) in [6, 6.07) is 3.81. The quantitative estimate of drug-likeness (QED) is 0.617. The molecule has 108 valence electrons. The van der Waals surface area contributed by atoms with Gasteiger partial charge in [0.05, 0.1) is 7.11 Å². The number of amides is 3. The number of nitriles is 1. The number of imide groups is 1. The van der Waals surface area contributed by atoms with E-state index in [-0.39, 0.29) is 12.4 Å². The first kappa shape index (κ1) is 14.2. The van der Waals surface area contributed by atoms with Gasteiger partial charge >= 0.3 is 6.03 Å². The predicted molar refractivity (Wildman–Crippen MR) is 70.4 cm³/mol. The molecule has 0 saturated heterocycles. The molecule has 0 aliphatic carbocycles. The molecule has 2 rings (SSSR count). The maximum atomic E-state index is 11.6. The van der Waals surface area contributed by atoms with Gasteiger partial charge in [0.1, 0.15) is 11.6 Å². The monoisotopic (exact) mass is 289 g/mol. The molecule has 1 aromatic carbocycles. The Hall–Kier alpha value is -3.21. The fourth-order valence-corrected chi connectivity index (χ4v) is 1.73. The van der Waals surface area contributed by atoms with Crippen molar-refractivity contribution in [2.75, 3.05) is 13.9 Å². The molecule has 0 saturated carbocycles. The molecular weight excluding hydrogens is 278 g/mol. The van der Waals surface area contributed by atoms with Gasteiger partial charge in [-0.25, -0.2) is 4.79 Å². The van der Waals surface area contributed by atoms with Crippen LogP contribution in [0.5, 0.6) is 17.2 Å². The van der Waals surface area contributed by atoms with Crippen LogP contribution in [0.15, 0.2) is 17.7 Å². The second-order valence-corrected chi connectivity index (χ2v) is 3.95. The lowest BCUT2D eigenvalue weighted by atomic mass is 10.1. The van der Waals surface area contributed by atoms with E-state index >= 15 is 0 Å². The molecule has 0 spiro atoms. The van der Waals surface area contributed by atoms with Crippen molar-refractivity contribution in [3.63, 3.8) is 0 Å². The van der Waals surface area contributed by atoms with Crippen molar-refractivity contribution in [3.8, 4) is 23.3 Å². The molecule has 8 nitrogen and oxygen atoms in total. The Bertz CT molecular complexity index is 675. The van der Waals surface area contributed by atoms with Crippen LogP contribution in [0.4, 0.5) is 4.79 Å². The van der Waals surface area contributed by atoms with E-state index in [1.165, 1.54) is 13.2 Å². The zero-order chi connectivity index (χ0) is 15.4. The minimum Gasteiger partial charge on any atom is -0.493 e. The van der Waals surface area contributed by atoms with E-state index in [0.29, 0.717) is 22.8 Å². The predicted octanol–water partition coefficient (Wildman–Crippen LogP) is 0.526. The van der Waals surface area contributed by atoms with Gasteiger partial charge in [-0.15, -0.1) is 0 Å². The van der Waals surface area contributed by atoms with Gasteiger partial charge < -0.3 is 19.9 Å². The van der Waals surface area contributed by atoms with E-state index in [2.05, 4.69) is 0 Å². The van der Waals surface area contributed by atoms with Gasteiger partial charge in [-0.3, -0.25) is 10.1 Å². The Labute approximate surface area is 119 Å². The number of hydrogen-bond acceptors (Lipinski definition) is 6. The molecule has 3 N–H and O–H groups in total. The molecule has 0 radical (unpaired) electrons. The number of benzene rings is 1. The number of fused-ring (bicyclic) bond motifs is 1. The minimum absolute atomic E-state index is 0.0616. The van der Waals surface area contributed by atoms with Crippen molar-refractivity contribution in [1.29, 1.82) is 5.26 Å². The Morgan fingerprint density at radius 3 is 2.86 bits per heavy atom. The number of carbonyl (C=O) groups is 2. The Morgan fingerprint density at radius 2 is 2.24 bits per heavy atom. The standard InChI is InChI=1S/C13H11N3O5/c1-19-9-3-7(4-10-11(9)21-6-20-10)2-8(5-14)12(17)16-13(15)18/h2-4H,6H2,1H3,(H3,15,16,17,18)/b8-2-. The first-order valence-electron chi connectivity index (χ1n) is 5.75. The number of ether oxygens (including phenoxy) is 3. The summed E-state index contributed by atoms with van der Waals surface area (Å²) in [5.74, 6) is 0.411. The fraction of sp³-hybridized carbons (Fsp3) is 0.154. The fourth-order valence-electron chi connectivity index (χ4n) is 1.73. The van der Waals surface area contributed by atoms with Gasteiger partial charge in [-0.1, -0.05) is 0 Å². The first-order chi connectivity index (χ1) is 10.0. The molecule has 8 heteroatoms. The normalized spacial score (nSPS) is 12.5. The highest BCUT2D eigenvalue weighted by atomic mass is 16.7. The molecular formula is C13H11N3O5. The summed E-state index contributed by atoms with van der Waals surface area (Å²) in [4.78, 5) is 22.2. The first-order valence-corrected chi connectivity index (χ1v) is 5.75. The van der Waals surface area contributed by atoms with Crippen LogP contribution in [0.2, 0.25) is 0 Å². The third-order valence-electron chi connectivity index (χ3n) is 2.59. The molecule has 1 aliphatic rings. The summed E-state index contributed by atoms with van der Waals surface area (Å²) < 4.78 is 15.6. The van der Waals surface area contributed by atoms with Crippen molar-refractivity contribution in [2.45, 2.75) is 0 Å². The highest BCUT2D eigenvalue weighted by Crippen LogP contribution is 2.42. The second kappa shape index (κ2) is 5.83. The highest BCUT2D eigenvalue weighted by Gasteiger charge is 2.20. The van der Waals surface area contributed by atoms with Crippen LogP contribution in [0.1, 0.15) is 5.56 Å². The van der Waals surface area contributed by atoms with Crippen molar-refractivity contribution >= 4 is 18.0 Å². The Morgan fingerprint density at radius 1 is 1.48 bits per heavy atom. The van der Waals surface area contributed by atoms with Crippen LogP contribution >= 0.6 is 0 Å². The Kier molecular flexibility index (Phi) is 3.95. The van der Waals surface area contributed by atoms with Gasteiger partial charge in [0.2, 0.25) is 12.5 Å². The molecule has 0 atom stereocenters. The van der Waals surface area contributed by atoms with Crippen LogP contribution in [0, 0.1) is 11.3 Å². The number of hydrogen-bond donors (Lipinski definition) is 2. The summed E-state index contributed by atoms with van der Waals surface area (Å²) in [6.45, 7) is 0.0616. The van der Waals surface area contributed by atoms with Crippen LogP contribution in [0.25, 0.3) is 6.08 Å². The Balaban J connectivity index is 2.37. The summed E-state index contributed by atoms with van der Waals surface area (Å²) in [5, 5.41) is 10.8. The molecule has 1 aromatic rings. The SMILES string of the molecule is COc1cc(/C=C(/C#N)C(=O)NC(N)=O)cc2c1OCO2. The zero-order valence-electron chi connectivity index (χ0n) is 11.0. The van der Waals surface area contributed by atoms with E-state index in [1.54, 1.807) is 18.2 Å². The van der Waals surface area contributed by atoms with Crippen molar-refractivity contribution in [3.05, 3.63) is 23.3 Å². The number of primary amides is 1. The number of nitrogens with zero attached hydrogens (tertiary/aromatic N) is 1.